The van der Waals surface area contributed by atoms with E-state index < -0.39 is 17.9 Å². The topological polar surface area (TPSA) is 122 Å². The van der Waals surface area contributed by atoms with Crippen molar-refractivity contribution in [2.24, 2.45) is 11.7 Å². The van der Waals surface area contributed by atoms with E-state index in [-0.39, 0.29) is 24.7 Å². The highest BCUT2D eigenvalue weighted by atomic mass is 16.4. The molecule has 1 aliphatic rings. The van der Waals surface area contributed by atoms with Gasteiger partial charge in [0.2, 0.25) is 11.8 Å². The Hall–Kier alpha value is -1.63. The number of rotatable bonds is 6. The van der Waals surface area contributed by atoms with Gasteiger partial charge in [-0.25, -0.2) is 4.79 Å². The minimum Gasteiger partial charge on any atom is -0.480 e. The molecule has 1 fully saturated rings. The van der Waals surface area contributed by atoms with Crippen molar-refractivity contribution in [2.45, 2.75) is 31.7 Å². The lowest BCUT2D eigenvalue weighted by molar-refractivity contribution is -0.142. The van der Waals surface area contributed by atoms with Gasteiger partial charge in [-0.05, 0) is 25.8 Å². The van der Waals surface area contributed by atoms with Crippen molar-refractivity contribution in [1.29, 1.82) is 0 Å². The normalized spacial score (nSPS) is 21.0. The lowest BCUT2D eigenvalue weighted by atomic mass is 9.98. The third-order valence-electron chi connectivity index (χ3n) is 2.96. The van der Waals surface area contributed by atoms with Gasteiger partial charge in [0.15, 0.2) is 0 Å². The molecule has 2 unspecified atom stereocenters. The maximum Gasteiger partial charge on any atom is 0.326 e. The van der Waals surface area contributed by atoms with Crippen molar-refractivity contribution in [2.75, 3.05) is 13.1 Å². The van der Waals surface area contributed by atoms with Gasteiger partial charge in [0.25, 0.3) is 0 Å². The molecule has 0 aliphatic carbocycles. The van der Waals surface area contributed by atoms with Crippen LogP contribution in [0.5, 0.6) is 0 Å². The minimum absolute atomic E-state index is 0.0244. The Kier molecular flexibility index (Phi) is 5.57. The van der Waals surface area contributed by atoms with Crippen molar-refractivity contribution in [1.82, 2.24) is 10.6 Å². The standard InChI is InChI=1S/C11H19N3O4/c12-9(15)4-3-8(11(17)18)14-10(16)7-2-1-5-13-6-7/h7-8,13H,1-6H2,(H2,12,15)(H,14,16)(H,17,18). The highest BCUT2D eigenvalue weighted by molar-refractivity contribution is 5.85. The average molecular weight is 257 g/mol. The number of hydrogen-bond acceptors (Lipinski definition) is 4. The second kappa shape index (κ2) is 6.95. The molecule has 102 valence electrons. The number of aliphatic carboxylic acids is 1. The summed E-state index contributed by atoms with van der Waals surface area (Å²) < 4.78 is 0. The number of amides is 2. The van der Waals surface area contributed by atoms with Crippen LogP contribution in [-0.2, 0) is 14.4 Å². The summed E-state index contributed by atoms with van der Waals surface area (Å²) in [6, 6.07) is -1.05. The zero-order chi connectivity index (χ0) is 13.5. The van der Waals surface area contributed by atoms with Crippen molar-refractivity contribution in [3.63, 3.8) is 0 Å². The van der Waals surface area contributed by atoms with Gasteiger partial charge in [-0.15, -0.1) is 0 Å². The Bertz CT molecular complexity index is 326. The molecule has 7 nitrogen and oxygen atoms in total. The molecule has 2 amide bonds. The van der Waals surface area contributed by atoms with E-state index >= 15 is 0 Å². The molecule has 18 heavy (non-hydrogen) atoms. The quantitative estimate of drug-likeness (QED) is 0.477. The largest absolute Gasteiger partial charge is 0.480 e. The van der Waals surface area contributed by atoms with Crippen LogP contribution in [0.25, 0.3) is 0 Å². The summed E-state index contributed by atoms with van der Waals surface area (Å²) in [5.41, 5.74) is 4.96. The van der Waals surface area contributed by atoms with Crippen molar-refractivity contribution >= 4 is 17.8 Å². The molecule has 1 rings (SSSR count). The molecule has 1 saturated heterocycles. The van der Waals surface area contributed by atoms with Gasteiger partial charge in [-0.3, -0.25) is 9.59 Å². The van der Waals surface area contributed by atoms with Gasteiger partial charge < -0.3 is 21.5 Å². The first-order valence-electron chi connectivity index (χ1n) is 6.03. The van der Waals surface area contributed by atoms with Crippen LogP contribution in [0, 0.1) is 5.92 Å². The van der Waals surface area contributed by atoms with Crippen molar-refractivity contribution in [3.05, 3.63) is 0 Å². The van der Waals surface area contributed by atoms with E-state index in [9.17, 15) is 14.4 Å². The highest BCUT2D eigenvalue weighted by Crippen LogP contribution is 2.10. The summed E-state index contributed by atoms with van der Waals surface area (Å²) in [6.07, 6.45) is 1.62. The van der Waals surface area contributed by atoms with Crippen molar-refractivity contribution < 1.29 is 19.5 Å². The summed E-state index contributed by atoms with van der Waals surface area (Å²) in [4.78, 5) is 33.4. The predicted molar refractivity (Wildman–Crippen MR) is 63.6 cm³/mol. The molecule has 7 heteroatoms. The number of piperidine rings is 1. The Labute approximate surface area is 105 Å². The van der Waals surface area contributed by atoms with E-state index in [1.54, 1.807) is 0 Å². The van der Waals surface area contributed by atoms with Crippen LogP contribution in [0.2, 0.25) is 0 Å². The molecule has 1 aliphatic heterocycles. The molecular formula is C11H19N3O4. The van der Waals surface area contributed by atoms with Gasteiger partial charge in [-0.1, -0.05) is 0 Å². The first-order chi connectivity index (χ1) is 8.50. The van der Waals surface area contributed by atoms with Crippen LogP contribution in [-0.4, -0.2) is 42.0 Å². The van der Waals surface area contributed by atoms with Crippen molar-refractivity contribution in [3.8, 4) is 0 Å². The lowest BCUT2D eigenvalue weighted by Crippen LogP contribution is -2.47. The molecule has 2 atom stereocenters. The molecule has 0 spiro atoms. The minimum atomic E-state index is -1.15. The molecule has 0 saturated carbocycles. The van der Waals surface area contributed by atoms with E-state index in [1.165, 1.54) is 0 Å². The van der Waals surface area contributed by atoms with Gasteiger partial charge in [-0.2, -0.15) is 0 Å². The fourth-order valence-corrected chi connectivity index (χ4v) is 1.91. The Morgan fingerprint density at radius 3 is 2.67 bits per heavy atom. The third kappa shape index (κ3) is 4.70. The SMILES string of the molecule is NC(=O)CCC(NC(=O)C1CCCNC1)C(=O)O. The molecule has 0 aromatic carbocycles. The first-order valence-corrected chi connectivity index (χ1v) is 6.03. The summed E-state index contributed by atoms with van der Waals surface area (Å²) in [6.45, 7) is 1.45. The Balaban J connectivity index is 2.46. The number of hydrogen-bond donors (Lipinski definition) is 4. The third-order valence-corrected chi connectivity index (χ3v) is 2.96. The average Bonchev–Trinajstić information content (AvgIpc) is 2.34. The fraction of sp³-hybridized carbons (Fsp3) is 0.727. The number of primary amides is 1. The maximum atomic E-state index is 11.8. The first kappa shape index (κ1) is 14.4. The number of carbonyl (C=O) groups is 3. The van der Waals surface area contributed by atoms with Crippen LogP contribution in [0.4, 0.5) is 0 Å². The summed E-state index contributed by atoms with van der Waals surface area (Å²) in [5, 5.41) is 14.5. The fourth-order valence-electron chi connectivity index (χ4n) is 1.91. The van der Waals surface area contributed by atoms with Gasteiger partial charge in [0.05, 0.1) is 5.92 Å². The molecule has 5 N–H and O–H groups in total. The van der Waals surface area contributed by atoms with Crippen LogP contribution >= 0.6 is 0 Å². The molecule has 0 radical (unpaired) electrons. The second-order valence-corrected chi connectivity index (χ2v) is 4.45. The van der Waals surface area contributed by atoms with E-state index in [0.717, 1.165) is 19.4 Å². The number of carboxylic acid groups (broad SMARTS) is 1. The maximum absolute atomic E-state index is 11.8. The zero-order valence-electron chi connectivity index (χ0n) is 10.1. The van der Waals surface area contributed by atoms with Crippen LogP contribution < -0.4 is 16.4 Å². The van der Waals surface area contributed by atoms with Gasteiger partial charge >= 0.3 is 5.97 Å². The lowest BCUT2D eigenvalue weighted by Gasteiger charge is -2.23. The van der Waals surface area contributed by atoms with Gasteiger partial charge in [0, 0.05) is 13.0 Å². The predicted octanol–water partition coefficient (Wildman–Crippen LogP) is -1.18. The van der Waals surface area contributed by atoms with E-state index in [0.29, 0.717) is 6.54 Å². The number of carboxylic acids is 1. The molecule has 0 bridgehead atoms. The van der Waals surface area contributed by atoms with E-state index in [1.807, 2.05) is 0 Å². The summed E-state index contributed by atoms with van der Waals surface area (Å²) in [7, 11) is 0. The van der Waals surface area contributed by atoms with E-state index in [4.69, 9.17) is 10.8 Å². The van der Waals surface area contributed by atoms with E-state index in [2.05, 4.69) is 10.6 Å². The smallest absolute Gasteiger partial charge is 0.326 e. The summed E-state index contributed by atoms with van der Waals surface area (Å²) >= 11 is 0. The number of nitrogens with one attached hydrogen (secondary N) is 2. The zero-order valence-corrected chi connectivity index (χ0v) is 10.1. The summed E-state index contributed by atoms with van der Waals surface area (Å²) in [5.74, 6) is -2.20. The number of nitrogens with two attached hydrogens (primary N) is 1. The Morgan fingerprint density at radius 1 is 1.44 bits per heavy atom. The molecule has 0 aromatic heterocycles. The van der Waals surface area contributed by atoms with Crippen LogP contribution in [0.3, 0.4) is 0 Å². The Morgan fingerprint density at radius 2 is 2.17 bits per heavy atom. The second-order valence-electron chi connectivity index (χ2n) is 4.45. The monoisotopic (exact) mass is 257 g/mol. The highest BCUT2D eigenvalue weighted by Gasteiger charge is 2.26. The number of carbonyl (C=O) groups excluding carboxylic acids is 2. The van der Waals surface area contributed by atoms with Crippen LogP contribution in [0.15, 0.2) is 0 Å². The molecule has 0 aromatic rings. The molecular weight excluding hydrogens is 238 g/mol. The molecule has 1 heterocycles. The van der Waals surface area contributed by atoms with Gasteiger partial charge in [0.1, 0.15) is 6.04 Å². The van der Waals surface area contributed by atoms with Crippen LogP contribution in [0.1, 0.15) is 25.7 Å².